The van der Waals surface area contributed by atoms with Crippen LogP contribution in [-0.4, -0.2) is 34.9 Å². The van der Waals surface area contributed by atoms with Crippen LogP contribution in [0.4, 0.5) is 0 Å². The van der Waals surface area contributed by atoms with E-state index in [-0.39, 0.29) is 0 Å². The number of aromatic nitrogens is 7. The van der Waals surface area contributed by atoms with Crippen molar-refractivity contribution in [2.24, 2.45) is 0 Å². The Bertz CT molecular complexity index is 6230. The Labute approximate surface area is 603 Å². The zero-order valence-corrected chi connectivity index (χ0v) is 56.8. The van der Waals surface area contributed by atoms with Crippen molar-refractivity contribution in [1.29, 1.82) is 0 Å². The number of hydrogen-bond acceptors (Lipinski definition) is 7. The molecule has 7 nitrogen and oxygen atoms in total. The predicted molar refractivity (Wildman–Crippen MR) is 431 cm³/mol. The summed E-state index contributed by atoms with van der Waals surface area (Å²) < 4.78 is 0. The first-order valence-corrected chi connectivity index (χ1v) is 35.3. The van der Waals surface area contributed by atoms with E-state index < -0.39 is 0 Å². The first-order chi connectivity index (χ1) is 51.6. The van der Waals surface area contributed by atoms with E-state index in [1.165, 1.54) is 81.9 Å². The van der Waals surface area contributed by atoms with Crippen LogP contribution < -0.4 is 0 Å². The molecule has 104 heavy (non-hydrogen) atoms. The summed E-state index contributed by atoms with van der Waals surface area (Å²) in [4.78, 5) is 34.3. The van der Waals surface area contributed by atoms with Gasteiger partial charge in [-0.05, 0) is 177 Å². The number of benzene rings is 13. The highest BCUT2D eigenvalue weighted by Gasteiger charge is 2.22. The van der Waals surface area contributed by atoms with Gasteiger partial charge in [-0.1, -0.05) is 279 Å². The topological polar surface area (TPSA) is 90.2 Å². The lowest BCUT2D eigenvalue weighted by molar-refractivity contribution is 1.03. The SMILES string of the molecule is C1=CCCC(c2cc(-c3cccc(-c4cccnc4)c3)nc(-c3cccc(-c4c5ccccc5c(-c5cccnc5)c5ccccc45)c3)n2)=C1.c1ccc(-c2c3ccccc3c(-c3cccc(-c4nc(-c5cccc(-c6cccnc6)c5)cc(-c5cccc6ccccc56)n4)c3)c3ccccc23)cc1. The van der Waals surface area contributed by atoms with Gasteiger partial charge in [0.05, 0.1) is 22.8 Å². The van der Waals surface area contributed by atoms with Gasteiger partial charge in [0, 0.05) is 81.7 Å². The van der Waals surface area contributed by atoms with E-state index in [0.29, 0.717) is 11.6 Å². The third-order valence-electron chi connectivity index (χ3n) is 19.9. The molecule has 0 atom stereocenters. The van der Waals surface area contributed by atoms with Gasteiger partial charge in [-0.15, -0.1) is 0 Å². The van der Waals surface area contributed by atoms with Crippen LogP contribution in [0.5, 0.6) is 0 Å². The second-order valence-corrected chi connectivity index (χ2v) is 26.2. The van der Waals surface area contributed by atoms with E-state index in [4.69, 9.17) is 19.9 Å². The molecular formula is C97H65N7. The Morgan fingerprint density at radius 3 is 1.05 bits per heavy atom. The number of fused-ring (bicyclic) bond motifs is 5. The lowest BCUT2D eigenvalue weighted by atomic mass is 9.85. The van der Waals surface area contributed by atoms with E-state index in [0.717, 1.165) is 108 Å². The van der Waals surface area contributed by atoms with Crippen LogP contribution in [0, 0.1) is 0 Å². The molecular weight excluding hydrogens is 1260 g/mol. The predicted octanol–water partition coefficient (Wildman–Crippen LogP) is 25.0. The van der Waals surface area contributed by atoms with Crippen molar-refractivity contribution in [1.82, 2.24) is 34.9 Å². The largest absolute Gasteiger partial charge is 0.264 e. The third-order valence-corrected chi connectivity index (χ3v) is 19.9. The van der Waals surface area contributed by atoms with Gasteiger partial charge < -0.3 is 0 Å². The van der Waals surface area contributed by atoms with Crippen molar-refractivity contribution in [3.8, 4) is 123 Å². The molecule has 0 spiro atoms. The molecule has 18 aromatic rings. The highest BCUT2D eigenvalue weighted by atomic mass is 14.9. The number of pyridine rings is 3. The number of hydrogen-bond donors (Lipinski definition) is 0. The highest BCUT2D eigenvalue weighted by molar-refractivity contribution is 6.23. The summed E-state index contributed by atoms with van der Waals surface area (Å²) in [6, 6.07) is 112. The van der Waals surface area contributed by atoms with Crippen molar-refractivity contribution in [3.05, 3.63) is 377 Å². The van der Waals surface area contributed by atoms with Crippen LogP contribution >= 0.6 is 0 Å². The molecule has 1 aliphatic carbocycles. The quantitative estimate of drug-likeness (QED) is 0.113. The van der Waals surface area contributed by atoms with E-state index in [1.54, 1.807) is 12.4 Å². The highest BCUT2D eigenvalue weighted by Crippen LogP contribution is 2.47. The van der Waals surface area contributed by atoms with Gasteiger partial charge in [-0.3, -0.25) is 15.0 Å². The fourth-order valence-corrected chi connectivity index (χ4v) is 15.0. The summed E-state index contributed by atoms with van der Waals surface area (Å²) in [5.74, 6) is 1.39. The minimum absolute atomic E-state index is 0.679. The van der Waals surface area contributed by atoms with Gasteiger partial charge in [0.2, 0.25) is 0 Å². The minimum atomic E-state index is 0.679. The lowest BCUT2D eigenvalue weighted by Crippen LogP contribution is -2.00. The molecule has 0 unspecified atom stereocenters. The Morgan fingerprint density at radius 1 is 0.231 bits per heavy atom. The van der Waals surface area contributed by atoms with Crippen molar-refractivity contribution in [3.63, 3.8) is 0 Å². The molecule has 0 bridgehead atoms. The molecule has 13 aromatic carbocycles. The van der Waals surface area contributed by atoms with Gasteiger partial charge in [0.15, 0.2) is 11.6 Å². The first-order valence-electron chi connectivity index (χ1n) is 35.3. The van der Waals surface area contributed by atoms with Gasteiger partial charge in [0.25, 0.3) is 0 Å². The number of allylic oxidation sites excluding steroid dienone is 4. The van der Waals surface area contributed by atoms with E-state index in [2.05, 4.69) is 330 Å². The molecule has 5 aromatic heterocycles. The molecule has 0 amide bonds. The molecule has 0 saturated heterocycles. The van der Waals surface area contributed by atoms with Crippen molar-refractivity contribution in [2.45, 2.75) is 12.8 Å². The maximum Gasteiger partial charge on any atom is 0.160 e. The minimum Gasteiger partial charge on any atom is -0.264 e. The molecule has 0 N–H and O–H groups in total. The molecule has 0 radical (unpaired) electrons. The Morgan fingerprint density at radius 2 is 0.577 bits per heavy atom. The molecule has 0 saturated carbocycles. The van der Waals surface area contributed by atoms with Crippen LogP contribution in [0.3, 0.4) is 0 Å². The summed E-state index contributed by atoms with van der Waals surface area (Å²) in [6.45, 7) is 0. The molecule has 0 fully saturated rings. The average molecular weight is 1330 g/mol. The Hall–Kier alpha value is -13.8. The van der Waals surface area contributed by atoms with Gasteiger partial charge in [0.1, 0.15) is 0 Å². The summed E-state index contributed by atoms with van der Waals surface area (Å²) in [5.41, 5.74) is 23.7. The van der Waals surface area contributed by atoms with E-state index >= 15 is 0 Å². The van der Waals surface area contributed by atoms with Crippen molar-refractivity contribution >= 4 is 59.4 Å². The van der Waals surface area contributed by atoms with Crippen LogP contribution in [0.2, 0.25) is 0 Å². The van der Waals surface area contributed by atoms with Gasteiger partial charge >= 0.3 is 0 Å². The summed E-state index contributed by atoms with van der Waals surface area (Å²) in [5, 5.41) is 12.0. The normalized spacial score (nSPS) is 12.0. The summed E-state index contributed by atoms with van der Waals surface area (Å²) in [7, 11) is 0. The second kappa shape index (κ2) is 27.8. The molecule has 488 valence electrons. The standard InChI is InChI=1S/C51H33N3.C46H32N4/c1-2-15-35(16-3-1)49-43-24-6-8-26-45(43)50(46-27-9-7-25-44(46)49)38-20-11-21-39(31-38)51-53-47(37-19-10-18-36(30-37)40-22-13-29-52-33-40)32-48(54-51)42-28-12-17-34-14-4-5-23-41(34)42;1-2-12-31(13-3-1)42-28-43(33-15-8-14-32(26-33)36-18-10-24-47-29-36)50-46(49-42)35-17-9-16-34(27-35)44-38-20-4-6-22-40(38)45(37-19-11-25-48-30-37)41-23-7-5-21-39(41)44/h1-33H;1-2,4-12,14-30H,3,13H2. The van der Waals surface area contributed by atoms with Crippen LogP contribution in [0.25, 0.3) is 183 Å². The van der Waals surface area contributed by atoms with E-state index in [9.17, 15) is 0 Å². The maximum absolute atomic E-state index is 5.32. The first kappa shape index (κ1) is 62.5. The molecule has 1 aliphatic rings. The summed E-state index contributed by atoms with van der Waals surface area (Å²) >= 11 is 0. The Kier molecular flexibility index (Phi) is 16.7. The maximum atomic E-state index is 5.32. The Balaban J connectivity index is 0.000000149. The monoisotopic (exact) mass is 1330 g/mol. The lowest BCUT2D eigenvalue weighted by Gasteiger charge is -2.18. The van der Waals surface area contributed by atoms with Crippen LogP contribution in [0.1, 0.15) is 18.5 Å². The van der Waals surface area contributed by atoms with Crippen LogP contribution in [-0.2, 0) is 0 Å². The van der Waals surface area contributed by atoms with Crippen LogP contribution in [0.15, 0.2) is 371 Å². The fourth-order valence-electron chi connectivity index (χ4n) is 15.0. The second-order valence-electron chi connectivity index (χ2n) is 26.2. The third kappa shape index (κ3) is 12.1. The zero-order chi connectivity index (χ0) is 69.1. The molecule has 7 heteroatoms. The van der Waals surface area contributed by atoms with Crippen molar-refractivity contribution in [2.75, 3.05) is 0 Å². The summed E-state index contributed by atoms with van der Waals surface area (Å²) in [6.07, 6.45) is 19.7. The number of rotatable bonds is 12. The smallest absolute Gasteiger partial charge is 0.160 e. The fraction of sp³-hybridized carbons (Fsp3) is 0.0206. The molecule has 0 aliphatic heterocycles. The van der Waals surface area contributed by atoms with Crippen molar-refractivity contribution < 1.29 is 0 Å². The number of nitrogens with zero attached hydrogens (tertiary/aromatic N) is 7. The molecule has 5 heterocycles. The zero-order valence-electron chi connectivity index (χ0n) is 56.8. The van der Waals surface area contributed by atoms with Gasteiger partial charge in [-0.25, -0.2) is 19.9 Å². The average Bonchev–Trinajstić information content (AvgIpc) is 0.740. The van der Waals surface area contributed by atoms with Gasteiger partial charge in [-0.2, -0.15) is 0 Å². The molecule has 19 rings (SSSR count). The van der Waals surface area contributed by atoms with E-state index in [1.807, 2.05) is 43.0 Å².